The Morgan fingerprint density at radius 1 is 1.14 bits per heavy atom. The van der Waals surface area contributed by atoms with Gasteiger partial charge in [-0.1, -0.05) is 44.2 Å². The van der Waals surface area contributed by atoms with E-state index < -0.39 is 0 Å². The molecule has 3 aromatic rings. The predicted molar refractivity (Wildman–Crippen MR) is 94.5 cm³/mol. The molecule has 2 aromatic heterocycles. The number of hydrogen-bond donors (Lipinski definition) is 1. The summed E-state index contributed by atoms with van der Waals surface area (Å²) in [5.41, 5.74) is 5.42. The monoisotopic (exact) mass is 310 g/mol. The Kier molecular flexibility index (Phi) is 4.44. The third-order valence-electron chi connectivity index (χ3n) is 3.52. The van der Waals surface area contributed by atoms with E-state index in [2.05, 4.69) is 52.5 Å². The van der Waals surface area contributed by atoms with Gasteiger partial charge in [0.2, 0.25) is 0 Å². The third kappa shape index (κ3) is 2.99. The van der Waals surface area contributed by atoms with Crippen LogP contribution in [0.2, 0.25) is 0 Å². The van der Waals surface area contributed by atoms with E-state index in [-0.39, 0.29) is 0 Å². The van der Waals surface area contributed by atoms with E-state index in [1.807, 2.05) is 18.2 Å². The lowest BCUT2D eigenvalue weighted by molar-refractivity contribution is 1.11. The quantitative estimate of drug-likeness (QED) is 0.536. The van der Waals surface area contributed by atoms with Gasteiger partial charge in [-0.3, -0.25) is 5.43 Å². The number of anilines is 1. The largest absolute Gasteiger partial charge is 0.261 e. The normalized spacial score (nSPS) is 10.6. The molecule has 0 fully saturated rings. The molecule has 1 aromatic carbocycles. The SMILES string of the molecule is CCC(CC)=NNc1ncnc2sc(-c3ccccc3)cc12. The molecule has 0 atom stereocenters. The van der Waals surface area contributed by atoms with Gasteiger partial charge in [0.25, 0.3) is 0 Å². The van der Waals surface area contributed by atoms with Crippen molar-refractivity contribution >= 4 is 33.1 Å². The smallest absolute Gasteiger partial charge is 0.158 e. The predicted octanol–water partition coefficient (Wildman–Crippen LogP) is 4.95. The van der Waals surface area contributed by atoms with Crippen LogP contribution >= 0.6 is 11.3 Å². The van der Waals surface area contributed by atoms with E-state index >= 15 is 0 Å². The minimum Gasteiger partial charge on any atom is -0.261 e. The summed E-state index contributed by atoms with van der Waals surface area (Å²) >= 11 is 1.67. The lowest BCUT2D eigenvalue weighted by atomic mass is 10.2. The van der Waals surface area contributed by atoms with Crippen molar-refractivity contribution in [1.82, 2.24) is 9.97 Å². The van der Waals surface area contributed by atoms with Gasteiger partial charge in [-0.2, -0.15) is 5.10 Å². The number of thiophene rings is 1. The zero-order valence-electron chi connectivity index (χ0n) is 12.7. The molecule has 1 N–H and O–H groups in total. The number of aromatic nitrogens is 2. The van der Waals surface area contributed by atoms with E-state index in [1.165, 1.54) is 10.4 Å². The van der Waals surface area contributed by atoms with Gasteiger partial charge in [-0.05, 0) is 24.5 Å². The Morgan fingerprint density at radius 2 is 1.91 bits per heavy atom. The maximum atomic E-state index is 4.44. The van der Waals surface area contributed by atoms with Crippen LogP contribution in [-0.4, -0.2) is 15.7 Å². The van der Waals surface area contributed by atoms with E-state index in [9.17, 15) is 0 Å². The maximum absolute atomic E-state index is 4.44. The highest BCUT2D eigenvalue weighted by atomic mass is 32.1. The second kappa shape index (κ2) is 6.66. The van der Waals surface area contributed by atoms with Crippen LogP contribution in [-0.2, 0) is 0 Å². The summed E-state index contributed by atoms with van der Waals surface area (Å²) in [5.74, 6) is 0.767. The molecule has 0 bridgehead atoms. The van der Waals surface area contributed by atoms with Gasteiger partial charge in [0.15, 0.2) is 5.82 Å². The molecule has 112 valence electrons. The zero-order chi connectivity index (χ0) is 15.4. The van der Waals surface area contributed by atoms with E-state index in [1.54, 1.807) is 17.7 Å². The molecule has 4 nitrogen and oxygen atoms in total. The van der Waals surface area contributed by atoms with E-state index in [4.69, 9.17) is 0 Å². The Bertz CT molecular complexity index is 787. The molecule has 0 saturated carbocycles. The fourth-order valence-corrected chi connectivity index (χ4v) is 3.23. The first-order valence-electron chi connectivity index (χ1n) is 7.43. The van der Waals surface area contributed by atoms with Gasteiger partial charge < -0.3 is 0 Å². The molecule has 22 heavy (non-hydrogen) atoms. The van der Waals surface area contributed by atoms with Gasteiger partial charge in [0, 0.05) is 10.6 Å². The van der Waals surface area contributed by atoms with Crippen molar-refractivity contribution in [2.45, 2.75) is 26.7 Å². The van der Waals surface area contributed by atoms with Crippen LogP contribution in [0.4, 0.5) is 5.82 Å². The molecule has 0 spiro atoms. The molecule has 0 radical (unpaired) electrons. The average molecular weight is 310 g/mol. The highest BCUT2D eigenvalue weighted by molar-refractivity contribution is 7.21. The molecular weight excluding hydrogens is 292 g/mol. The van der Waals surface area contributed by atoms with Crippen LogP contribution in [0.1, 0.15) is 26.7 Å². The molecule has 2 heterocycles. The fourth-order valence-electron chi connectivity index (χ4n) is 2.23. The first kappa shape index (κ1) is 14.7. The summed E-state index contributed by atoms with van der Waals surface area (Å²) < 4.78 is 0. The van der Waals surface area contributed by atoms with Crippen LogP contribution < -0.4 is 5.43 Å². The number of hydrogen-bond acceptors (Lipinski definition) is 5. The zero-order valence-corrected chi connectivity index (χ0v) is 13.5. The minimum atomic E-state index is 0.767. The van der Waals surface area contributed by atoms with Crippen molar-refractivity contribution < 1.29 is 0 Å². The van der Waals surface area contributed by atoms with Crippen LogP contribution in [0.25, 0.3) is 20.7 Å². The van der Waals surface area contributed by atoms with Crippen molar-refractivity contribution in [3.05, 3.63) is 42.7 Å². The van der Waals surface area contributed by atoms with Crippen molar-refractivity contribution in [2.24, 2.45) is 5.10 Å². The molecular formula is C17H18N4S. The summed E-state index contributed by atoms with van der Waals surface area (Å²) in [4.78, 5) is 10.9. The number of hydrazone groups is 1. The molecule has 5 heteroatoms. The summed E-state index contributed by atoms with van der Waals surface area (Å²) in [6.07, 6.45) is 3.47. The Labute approximate surface area is 133 Å². The molecule has 0 amide bonds. The number of rotatable bonds is 5. The maximum Gasteiger partial charge on any atom is 0.158 e. The summed E-state index contributed by atoms with van der Waals surface area (Å²) in [6.45, 7) is 4.22. The van der Waals surface area contributed by atoms with E-state index in [0.29, 0.717) is 0 Å². The minimum absolute atomic E-state index is 0.767. The summed E-state index contributed by atoms with van der Waals surface area (Å²) in [5, 5.41) is 5.46. The highest BCUT2D eigenvalue weighted by Gasteiger charge is 2.09. The Hall–Kier alpha value is -2.27. The van der Waals surface area contributed by atoms with Gasteiger partial charge in [-0.15, -0.1) is 11.3 Å². The Morgan fingerprint density at radius 3 is 2.64 bits per heavy atom. The first-order valence-corrected chi connectivity index (χ1v) is 8.24. The van der Waals surface area contributed by atoms with Crippen molar-refractivity contribution in [3.63, 3.8) is 0 Å². The number of benzene rings is 1. The van der Waals surface area contributed by atoms with Gasteiger partial charge >= 0.3 is 0 Å². The molecule has 0 saturated heterocycles. The number of nitrogens with one attached hydrogen (secondary N) is 1. The molecule has 0 unspecified atom stereocenters. The lowest BCUT2D eigenvalue weighted by Crippen LogP contribution is -2.00. The van der Waals surface area contributed by atoms with Gasteiger partial charge in [0.1, 0.15) is 11.2 Å². The van der Waals surface area contributed by atoms with Crippen LogP contribution in [0.15, 0.2) is 47.8 Å². The topological polar surface area (TPSA) is 50.2 Å². The van der Waals surface area contributed by atoms with Crippen LogP contribution in [0.5, 0.6) is 0 Å². The standard InChI is InChI=1S/C17H18N4S/c1-3-13(4-2)20-21-16-14-10-15(12-8-6-5-7-9-12)22-17(14)19-11-18-16/h5-11H,3-4H2,1-2H3,(H,18,19,21). The van der Waals surface area contributed by atoms with Crippen molar-refractivity contribution in [2.75, 3.05) is 5.43 Å². The van der Waals surface area contributed by atoms with Crippen molar-refractivity contribution in [3.8, 4) is 10.4 Å². The summed E-state index contributed by atoms with van der Waals surface area (Å²) in [6, 6.07) is 12.5. The fraction of sp³-hybridized carbons (Fsp3) is 0.235. The van der Waals surface area contributed by atoms with Crippen molar-refractivity contribution in [1.29, 1.82) is 0 Å². The van der Waals surface area contributed by atoms with Crippen LogP contribution in [0.3, 0.4) is 0 Å². The average Bonchev–Trinajstić information content (AvgIpc) is 3.01. The lowest BCUT2D eigenvalue weighted by Gasteiger charge is -2.03. The van der Waals surface area contributed by atoms with Gasteiger partial charge in [-0.25, -0.2) is 9.97 Å². The summed E-state index contributed by atoms with van der Waals surface area (Å²) in [7, 11) is 0. The first-order chi connectivity index (χ1) is 10.8. The van der Waals surface area contributed by atoms with Gasteiger partial charge in [0.05, 0.1) is 5.39 Å². The second-order valence-electron chi connectivity index (χ2n) is 4.91. The van der Waals surface area contributed by atoms with Crippen LogP contribution in [0, 0.1) is 0 Å². The molecule has 0 aliphatic heterocycles. The molecule has 0 aliphatic carbocycles. The van der Waals surface area contributed by atoms with E-state index in [0.717, 1.165) is 34.6 Å². The number of nitrogens with zero attached hydrogens (tertiary/aromatic N) is 3. The highest BCUT2D eigenvalue weighted by Crippen LogP contribution is 2.34. The molecule has 0 aliphatic rings. The Balaban J connectivity index is 1.99. The second-order valence-corrected chi connectivity index (χ2v) is 5.95. The number of fused-ring (bicyclic) bond motifs is 1. The molecule has 3 rings (SSSR count). The third-order valence-corrected chi connectivity index (χ3v) is 4.62.